The molecule has 0 aliphatic carbocycles. The van der Waals surface area contributed by atoms with Crippen molar-refractivity contribution in [1.29, 1.82) is 0 Å². The number of carbonyl (C=O) groups is 1. The maximum Gasteiger partial charge on any atom is 0.416 e. The van der Waals surface area contributed by atoms with Crippen LogP contribution in [0.1, 0.15) is 33.2 Å². The second-order valence-corrected chi connectivity index (χ2v) is 9.46. The van der Waals surface area contributed by atoms with Gasteiger partial charge >= 0.3 is 6.18 Å². The van der Waals surface area contributed by atoms with Crippen LogP contribution in [0.4, 0.5) is 13.2 Å². The van der Waals surface area contributed by atoms with Crippen LogP contribution in [0.15, 0.2) is 72.8 Å². The number of amides is 1. The summed E-state index contributed by atoms with van der Waals surface area (Å²) in [6.07, 6.45) is -4.70. The topological polar surface area (TPSA) is 32.8 Å². The first kappa shape index (κ1) is 26.5. The number of piperazine rings is 1. The average molecular weight is 537 g/mol. The number of alkyl halides is 3. The Balaban J connectivity index is 1.39. The molecular formula is C27H25Cl2F3N2O2. The number of nitrogens with zero attached hydrogens (tertiary/aromatic N) is 2. The number of hydrogen-bond donors (Lipinski definition) is 0. The van der Waals surface area contributed by atoms with Crippen LogP contribution < -0.4 is 0 Å². The van der Waals surface area contributed by atoms with Crippen molar-refractivity contribution in [2.24, 2.45) is 0 Å². The van der Waals surface area contributed by atoms with Gasteiger partial charge in [0.05, 0.1) is 28.9 Å². The first-order valence-corrected chi connectivity index (χ1v) is 12.3. The molecule has 3 aromatic carbocycles. The molecule has 0 bridgehead atoms. The Bertz CT molecular complexity index is 1160. The fraction of sp³-hybridized carbons (Fsp3) is 0.296. The Hall–Kier alpha value is -2.58. The standard InChI is InChI=1S/C27H25Cl2F3N2O2/c28-22-11-7-20(8-12-22)25(36-18-19-5-9-21(10-6-19)27(30,31)32)17-33-13-15-34(16-14-33)26(35)23-3-1-2-4-24(23)29/h1-12,25H,13-18H2. The van der Waals surface area contributed by atoms with Crippen LogP contribution in [0.3, 0.4) is 0 Å². The zero-order valence-corrected chi connectivity index (χ0v) is 20.9. The molecule has 1 amide bonds. The molecule has 1 aliphatic heterocycles. The van der Waals surface area contributed by atoms with E-state index in [4.69, 9.17) is 27.9 Å². The zero-order valence-electron chi connectivity index (χ0n) is 19.3. The van der Waals surface area contributed by atoms with Gasteiger partial charge in [0.25, 0.3) is 5.91 Å². The molecule has 0 spiro atoms. The lowest BCUT2D eigenvalue weighted by Crippen LogP contribution is -2.49. The lowest BCUT2D eigenvalue weighted by molar-refractivity contribution is -0.137. The van der Waals surface area contributed by atoms with Gasteiger partial charge in [-0.1, -0.05) is 59.6 Å². The van der Waals surface area contributed by atoms with E-state index in [1.54, 1.807) is 41.3 Å². The van der Waals surface area contributed by atoms with E-state index in [1.165, 1.54) is 12.1 Å². The Kier molecular flexibility index (Phi) is 8.57. The van der Waals surface area contributed by atoms with Crippen LogP contribution >= 0.6 is 23.2 Å². The first-order chi connectivity index (χ1) is 17.2. The molecule has 4 rings (SSSR count). The van der Waals surface area contributed by atoms with Gasteiger partial charge in [0.15, 0.2) is 0 Å². The second-order valence-electron chi connectivity index (χ2n) is 8.62. The van der Waals surface area contributed by atoms with Gasteiger partial charge in [-0.15, -0.1) is 0 Å². The van der Waals surface area contributed by atoms with Crippen LogP contribution in [-0.4, -0.2) is 48.4 Å². The highest BCUT2D eigenvalue weighted by atomic mass is 35.5. The van der Waals surface area contributed by atoms with E-state index < -0.39 is 11.7 Å². The van der Waals surface area contributed by atoms with Gasteiger partial charge < -0.3 is 9.64 Å². The molecular weight excluding hydrogens is 512 g/mol. The molecule has 1 fully saturated rings. The monoisotopic (exact) mass is 536 g/mol. The molecule has 1 atom stereocenters. The third-order valence-electron chi connectivity index (χ3n) is 6.16. The molecule has 4 nitrogen and oxygen atoms in total. The van der Waals surface area contributed by atoms with Gasteiger partial charge in [0.2, 0.25) is 0 Å². The van der Waals surface area contributed by atoms with E-state index in [1.807, 2.05) is 12.1 Å². The summed E-state index contributed by atoms with van der Waals surface area (Å²) in [5.41, 5.74) is 1.37. The van der Waals surface area contributed by atoms with Crippen LogP contribution in [0.25, 0.3) is 0 Å². The molecule has 36 heavy (non-hydrogen) atoms. The molecule has 1 aliphatic rings. The lowest BCUT2D eigenvalue weighted by atomic mass is 10.1. The van der Waals surface area contributed by atoms with Gasteiger partial charge in [-0.3, -0.25) is 9.69 Å². The molecule has 9 heteroatoms. The predicted molar refractivity (Wildman–Crippen MR) is 134 cm³/mol. The fourth-order valence-corrected chi connectivity index (χ4v) is 4.43. The summed E-state index contributed by atoms with van der Waals surface area (Å²) in [4.78, 5) is 16.9. The number of carbonyl (C=O) groups excluding carboxylic acids is 1. The van der Waals surface area contributed by atoms with Crippen LogP contribution in [0, 0.1) is 0 Å². The maximum atomic E-state index is 12.9. The number of ether oxygens (including phenoxy) is 1. The number of rotatable bonds is 7. The van der Waals surface area contributed by atoms with Crippen molar-refractivity contribution in [1.82, 2.24) is 9.80 Å². The van der Waals surface area contributed by atoms with Gasteiger partial charge in [-0.05, 0) is 47.5 Å². The molecule has 190 valence electrons. The highest BCUT2D eigenvalue weighted by Gasteiger charge is 2.30. The zero-order chi connectivity index (χ0) is 25.7. The Labute approximate surface area is 218 Å². The normalized spacial score (nSPS) is 15.6. The molecule has 1 unspecified atom stereocenters. The Morgan fingerprint density at radius 3 is 2.14 bits per heavy atom. The van der Waals surface area contributed by atoms with Crippen LogP contribution in [0.5, 0.6) is 0 Å². The van der Waals surface area contributed by atoms with E-state index in [9.17, 15) is 18.0 Å². The van der Waals surface area contributed by atoms with E-state index in [0.29, 0.717) is 53.9 Å². The second kappa shape index (κ2) is 11.6. The summed E-state index contributed by atoms with van der Waals surface area (Å²) in [6.45, 7) is 3.15. The van der Waals surface area contributed by atoms with Crippen LogP contribution in [0.2, 0.25) is 10.0 Å². The highest BCUT2D eigenvalue weighted by molar-refractivity contribution is 6.33. The van der Waals surface area contributed by atoms with Crippen molar-refractivity contribution in [3.8, 4) is 0 Å². The van der Waals surface area contributed by atoms with E-state index in [2.05, 4.69) is 4.90 Å². The highest BCUT2D eigenvalue weighted by Crippen LogP contribution is 2.30. The molecule has 1 saturated heterocycles. The third-order valence-corrected chi connectivity index (χ3v) is 6.74. The summed E-state index contributed by atoms with van der Waals surface area (Å²) in [7, 11) is 0. The fourth-order valence-electron chi connectivity index (χ4n) is 4.09. The molecule has 3 aromatic rings. The van der Waals surface area contributed by atoms with Gasteiger partial charge in [-0.2, -0.15) is 13.2 Å². The largest absolute Gasteiger partial charge is 0.416 e. The summed E-state index contributed by atoms with van der Waals surface area (Å²) in [5, 5.41) is 1.04. The molecule has 0 N–H and O–H groups in total. The van der Waals surface area contributed by atoms with Crippen LogP contribution in [-0.2, 0) is 17.5 Å². The van der Waals surface area contributed by atoms with Crippen molar-refractivity contribution < 1.29 is 22.7 Å². The van der Waals surface area contributed by atoms with Gasteiger partial charge in [0.1, 0.15) is 0 Å². The summed E-state index contributed by atoms with van der Waals surface area (Å²) < 4.78 is 44.8. The van der Waals surface area contributed by atoms with E-state index in [0.717, 1.165) is 17.7 Å². The molecule has 0 saturated carbocycles. The van der Waals surface area contributed by atoms with Crippen molar-refractivity contribution in [2.75, 3.05) is 32.7 Å². The molecule has 1 heterocycles. The molecule has 0 aromatic heterocycles. The summed E-state index contributed by atoms with van der Waals surface area (Å²) in [6, 6.07) is 19.3. The number of benzene rings is 3. The van der Waals surface area contributed by atoms with Gasteiger partial charge in [0, 0.05) is 37.7 Å². The maximum absolute atomic E-state index is 12.9. The Morgan fingerprint density at radius 2 is 1.53 bits per heavy atom. The quantitative estimate of drug-likeness (QED) is 0.335. The predicted octanol–water partition coefficient (Wildman–Crippen LogP) is 6.73. The third kappa shape index (κ3) is 6.79. The van der Waals surface area contributed by atoms with Crippen molar-refractivity contribution in [3.63, 3.8) is 0 Å². The summed E-state index contributed by atoms with van der Waals surface area (Å²) in [5.74, 6) is -0.0898. The smallest absolute Gasteiger partial charge is 0.368 e. The van der Waals surface area contributed by atoms with Crippen molar-refractivity contribution in [2.45, 2.75) is 18.9 Å². The molecule has 0 radical (unpaired) electrons. The van der Waals surface area contributed by atoms with Crippen molar-refractivity contribution in [3.05, 3.63) is 105 Å². The summed E-state index contributed by atoms with van der Waals surface area (Å²) >= 11 is 12.2. The Morgan fingerprint density at radius 1 is 0.889 bits per heavy atom. The first-order valence-electron chi connectivity index (χ1n) is 11.5. The SMILES string of the molecule is O=C(c1ccccc1Cl)N1CCN(CC(OCc2ccc(C(F)(F)F)cc2)c2ccc(Cl)cc2)CC1. The number of halogens is 5. The van der Waals surface area contributed by atoms with Gasteiger partial charge in [-0.25, -0.2) is 0 Å². The average Bonchev–Trinajstić information content (AvgIpc) is 2.87. The minimum atomic E-state index is -4.37. The lowest BCUT2D eigenvalue weighted by Gasteiger charge is -2.36. The van der Waals surface area contributed by atoms with Crippen molar-refractivity contribution >= 4 is 29.1 Å². The minimum Gasteiger partial charge on any atom is -0.368 e. The number of hydrogen-bond acceptors (Lipinski definition) is 3. The van der Waals surface area contributed by atoms with E-state index >= 15 is 0 Å². The van der Waals surface area contributed by atoms with E-state index in [-0.39, 0.29) is 18.6 Å². The minimum absolute atomic E-state index is 0.0898.